The van der Waals surface area contributed by atoms with E-state index >= 15 is 0 Å². The van der Waals surface area contributed by atoms with E-state index in [1.54, 1.807) is 12.1 Å². The summed E-state index contributed by atoms with van der Waals surface area (Å²) >= 11 is 0. The molecule has 1 aromatic rings. The first-order chi connectivity index (χ1) is 8.48. The topological polar surface area (TPSA) is 35.5 Å². The van der Waals surface area contributed by atoms with Gasteiger partial charge < -0.3 is 15.3 Å². The van der Waals surface area contributed by atoms with Crippen LogP contribution in [0.15, 0.2) is 24.3 Å². The van der Waals surface area contributed by atoms with Gasteiger partial charge in [-0.25, -0.2) is 0 Å². The highest BCUT2D eigenvalue weighted by Gasteiger charge is 2.44. The van der Waals surface area contributed by atoms with Crippen molar-refractivity contribution < 1.29 is 18.3 Å². The number of rotatable bonds is 1. The number of halogens is 3. The summed E-state index contributed by atoms with van der Waals surface area (Å²) in [5, 5.41) is 12.2. The van der Waals surface area contributed by atoms with Crippen LogP contribution in [0.1, 0.15) is 6.42 Å². The fourth-order valence-electron chi connectivity index (χ4n) is 2.15. The van der Waals surface area contributed by atoms with Crippen LogP contribution < -0.4 is 10.2 Å². The number of hydrogen-bond acceptors (Lipinski definition) is 3. The van der Waals surface area contributed by atoms with Gasteiger partial charge in [-0.15, -0.1) is 0 Å². The fourth-order valence-corrected chi connectivity index (χ4v) is 2.15. The highest BCUT2D eigenvalue weighted by Crippen LogP contribution is 2.31. The maximum Gasteiger partial charge on any atom is 0.409 e. The number of alkyl halides is 3. The molecule has 2 rings (SSSR count). The maximum absolute atomic E-state index is 13.0. The van der Waals surface area contributed by atoms with Gasteiger partial charge in [0, 0.05) is 24.8 Å². The minimum absolute atomic E-state index is 0.0226. The Kier molecular flexibility index (Phi) is 3.65. The first-order valence-electron chi connectivity index (χ1n) is 5.81. The Morgan fingerprint density at radius 1 is 1.33 bits per heavy atom. The molecule has 0 aromatic heterocycles. The van der Waals surface area contributed by atoms with Crippen molar-refractivity contribution in [3.8, 4) is 5.75 Å². The van der Waals surface area contributed by atoms with E-state index in [0.29, 0.717) is 25.2 Å². The summed E-state index contributed by atoms with van der Waals surface area (Å²) in [7, 11) is 0. The number of nitrogens with one attached hydrogen (secondary N) is 1. The van der Waals surface area contributed by atoms with Crippen LogP contribution in [0.4, 0.5) is 18.9 Å². The van der Waals surface area contributed by atoms with Crippen LogP contribution >= 0.6 is 0 Å². The average molecular weight is 260 g/mol. The molecule has 1 aromatic carbocycles. The van der Waals surface area contributed by atoms with E-state index < -0.39 is 12.2 Å². The summed E-state index contributed by atoms with van der Waals surface area (Å²) in [5.74, 6) is -0.0226. The van der Waals surface area contributed by atoms with Crippen LogP contribution in [0, 0.1) is 0 Å². The molecule has 0 spiro atoms. The SMILES string of the molecule is Oc1cccc(N2CCCNCC2C(F)(F)F)c1. The minimum atomic E-state index is -4.29. The van der Waals surface area contributed by atoms with Crippen LogP contribution in [-0.2, 0) is 0 Å². The van der Waals surface area contributed by atoms with Crippen molar-refractivity contribution in [2.45, 2.75) is 18.6 Å². The van der Waals surface area contributed by atoms with Gasteiger partial charge in [0.05, 0.1) is 0 Å². The average Bonchev–Trinajstić information content (AvgIpc) is 2.53. The van der Waals surface area contributed by atoms with Crippen molar-refractivity contribution >= 4 is 5.69 Å². The number of phenolic OH excluding ortho intramolecular Hbond substituents is 1. The van der Waals surface area contributed by atoms with E-state index in [-0.39, 0.29) is 12.3 Å². The summed E-state index contributed by atoms with van der Waals surface area (Å²) in [6.45, 7) is 0.766. The molecule has 1 heterocycles. The molecule has 6 heteroatoms. The second kappa shape index (κ2) is 5.06. The molecule has 1 saturated heterocycles. The Morgan fingerprint density at radius 2 is 2.11 bits per heavy atom. The molecule has 3 nitrogen and oxygen atoms in total. The molecule has 1 fully saturated rings. The molecule has 2 N–H and O–H groups in total. The Balaban J connectivity index is 2.31. The number of benzene rings is 1. The first kappa shape index (κ1) is 13.0. The molecule has 1 aliphatic heterocycles. The van der Waals surface area contributed by atoms with Crippen molar-refractivity contribution in [2.24, 2.45) is 0 Å². The molecular weight excluding hydrogens is 245 g/mol. The van der Waals surface area contributed by atoms with E-state index in [0.717, 1.165) is 0 Å². The van der Waals surface area contributed by atoms with E-state index in [2.05, 4.69) is 5.32 Å². The van der Waals surface area contributed by atoms with Gasteiger partial charge >= 0.3 is 6.18 Å². The van der Waals surface area contributed by atoms with Gasteiger partial charge in [0.25, 0.3) is 0 Å². The molecule has 0 radical (unpaired) electrons. The zero-order valence-electron chi connectivity index (χ0n) is 9.74. The van der Waals surface area contributed by atoms with Crippen molar-refractivity contribution in [2.75, 3.05) is 24.5 Å². The van der Waals surface area contributed by atoms with Crippen LogP contribution in [0.5, 0.6) is 5.75 Å². The van der Waals surface area contributed by atoms with E-state index in [9.17, 15) is 18.3 Å². The van der Waals surface area contributed by atoms with Gasteiger partial charge in [-0.2, -0.15) is 13.2 Å². The van der Waals surface area contributed by atoms with Gasteiger partial charge in [0.1, 0.15) is 11.8 Å². The molecule has 0 saturated carbocycles. The number of phenols is 1. The second-order valence-corrected chi connectivity index (χ2v) is 4.33. The van der Waals surface area contributed by atoms with Crippen molar-refractivity contribution in [1.82, 2.24) is 5.32 Å². The van der Waals surface area contributed by atoms with Crippen molar-refractivity contribution in [3.63, 3.8) is 0 Å². The molecule has 1 unspecified atom stereocenters. The van der Waals surface area contributed by atoms with Gasteiger partial charge in [-0.1, -0.05) is 6.07 Å². The minimum Gasteiger partial charge on any atom is -0.508 e. The van der Waals surface area contributed by atoms with Gasteiger partial charge in [0.2, 0.25) is 0 Å². The fraction of sp³-hybridized carbons (Fsp3) is 0.500. The maximum atomic E-state index is 13.0. The van der Waals surface area contributed by atoms with Gasteiger partial charge in [0.15, 0.2) is 0 Å². The quantitative estimate of drug-likeness (QED) is 0.812. The first-order valence-corrected chi connectivity index (χ1v) is 5.81. The smallest absolute Gasteiger partial charge is 0.409 e. The van der Waals surface area contributed by atoms with Gasteiger partial charge in [-0.3, -0.25) is 0 Å². The Bertz CT molecular complexity index is 409. The van der Waals surface area contributed by atoms with Crippen LogP contribution in [0.25, 0.3) is 0 Å². The lowest BCUT2D eigenvalue weighted by Crippen LogP contribution is -2.49. The molecule has 1 atom stereocenters. The summed E-state index contributed by atoms with van der Waals surface area (Å²) in [6, 6.07) is 4.40. The second-order valence-electron chi connectivity index (χ2n) is 4.33. The molecular formula is C12H15F3N2O. The summed E-state index contributed by atoms with van der Waals surface area (Å²) in [4.78, 5) is 1.31. The zero-order chi connectivity index (χ0) is 13.2. The molecule has 100 valence electrons. The Labute approximate surface area is 103 Å². The molecule has 0 amide bonds. The lowest BCUT2D eigenvalue weighted by molar-refractivity contribution is -0.147. The standard InChI is InChI=1S/C12H15F3N2O/c13-12(14,15)11-8-16-5-2-6-17(11)9-3-1-4-10(18)7-9/h1,3-4,7,11,16,18H,2,5-6,8H2. The zero-order valence-corrected chi connectivity index (χ0v) is 9.74. The Morgan fingerprint density at radius 3 is 2.78 bits per heavy atom. The van der Waals surface area contributed by atoms with Crippen LogP contribution in [0.3, 0.4) is 0 Å². The predicted octanol–water partition coefficient (Wildman–Crippen LogP) is 2.12. The lowest BCUT2D eigenvalue weighted by Gasteiger charge is -2.33. The van der Waals surface area contributed by atoms with E-state index in [1.807, 2.05) is 0 Å². The van der Waals surface area contributed by atoms with Gasteiger partial charge in [-0.05, 0) is 25.1 Å². The molecule has 0 aliphatic carbocycles. The summed E-state index contributed by atoms with van der Waals surface area (Å²) in [6.07, 6.45) is -3.65. The van der Waals surface area contributed by atoms with Crippen LogP contribution in [0.2, 0.25) is 0 Å². The third-order valence-electron chi connectivity index (χ3n) is 3.01. The van der Waals surface area contributed by atoms with E-state index in [4.69, 9.17) is 0 Å². The summed E-state index contributed by atoms with van der Waals surface area (Å²) < 4.78 is 39.0. The monoisotopic (exact) mass is 260 g/mol. The van der Waals surface area contributed by atoms with Crippen molar-refractivity contribution in [3.05, 3.63) is 24.3 Å². The lowest BCUT2D eigenvalue weighted by atomic mass is 10.2. The van der Waals surface area contributed by atoms with Crippen molar-refractivity contribution in [1.29, 1.82) is 0 Å². The molecule has 18 heavy (non-hydrogen) atoms. The normalized spacial score (nSPS) is 21.7. The third kappa shape index (κ3) is 2.87. The molecule has 0 bridgehead atoms. The van der Waals surface area contributed by atoms with E-state index in [1.165, 1.54) is 17.0 Å². The number of aromatic hydroxyl groups is 1. The Hall–Kier alpha value is -1.43. The molecule has 1 aliphatic rings. The highest BCUT2D eigenvalue weighted by molar-refractivity contribution is 5.51. The van der Waals surface area contributed by atoms with Crippen LogP contribution in [-0.4, -0.2) is 37.0 Å². The number of anilines is 1. The predicted molar refractivity (Wildman–Crippen MR) is 62.8 cm³/mol. The number of nitrogens with zero attached hydrogens (tertiary/aromatic N) is 1. The largest absolute Gasteiger partial charge is 0.508 e. The third-order valence-corrected chi connectivity index (χ3v) is 3.01. The highest BCUT2D eigenvalue weighted by atomic mass is 19.4. The summed E-state index contributed by atoms with van der Waals surface area (Å²) in [5.41, 5.74) is 0.404. The number of hydrogen-bond donors (Lipinski definition) is 2.